The molecule has 0 unspecified atom stereocenters. The lowest BCUT2D eigenvalue weighted by Crippen LogP contribution is -2.36. The fraction of sp³-hybridized carbons (Fsp3) is 0.286. The topological polar surface area (TPSA) is 99.2 Å². The Kier molecular flexibility index (Phi) is 6.04. The highest BCUT2D eigenvalue weighted by molar-refractivity contribution is 7.89. The van der Waals surface area contributed by atoms with Crippen LogP contribution in [0, 0.1) is 13.8 Å². The molecule has 1 aliphatic rings. The summed E-state index contributed by atoms with van der Waals surface area (Å²) in [7, 11) is -0.634. The van der Waals surface area contributed by atoms with E-state index in [0.29, 0.717) is 11.4 Å². The number of anilines is 2. The Labute approximate surface area is 176 Å². The minimum absolute atomic E-state index is 0.132. The van der Waals surface area contributed by atoms with Crippen LogP contribution in [0.1, 0.15) is 24.0 Å². The standard InChI is InChI=1S/C21H24N4O4S/c1-14-5-6-15(2)19(13-14)25-20(26)12-11-18(23-25)21(27)22-16-7-9-17(10-8-16)30(28,29)24(3)4/h5-10,13H,11-12H2,1-4H3,(H,22,27). The van der Waals surface area contributed by atoms with Gasteiger partial charge >= 0.3 is 0 Å². The fourth-order valence-electron chi connectivity index (χ4n) is 2.98. The quantitative estimate of drug-likeness (QED) is 0.791. The van der Waals surface area contributed by atoms with Gasteiger partial charge in [-0.15, -0.1) is 0 Å². The molecule has 0 saturated heterocycles. The van der Waals surface area contributed by atoms with Crippen molar-refractivity contribution in [3.63, 3.8) is 0 Å². The number of hydrazone groups is 1. The average Bonchev–Trinajstić information content (AvgIpc) is 2.70. The van der Waals surface area contributed by atoms with Gasteiger partial charge in [0.15, 0.2) is 0 Å². The van der Waals surface area contributed by atoms with Crippen LogP contribution in [0.3, 0.4) is 0 Å². The van der Waals surface area contributed by atoms with Gasteiger partial charge < -0.3 is 5.32 Å². The summed E-state index contributed by atoms with van der Waals surface area (Å²) in [5.41, 5.74) is 3.21. The zero-order chi connectivity index (χ0) is 22.1. The van der Waals surface area contributed by atoms with Gasteiger partial charge in [0, 0.05) is 32.6 Å². The number of rotatable bonds is 5. The fourth-order valence-corrected chi connectivity index (χ4v) is 3.88. The number of carbonyl (C=O) groups excluding carboxylic acids is 2. The number of sulfonamides is 1. The molecule has 158 valence electrons. The predicted molar refractivity (Wildman–Crippen MR) is 116 cm³/mol. The Morgan fingerprint density at radius 3 is 2.37 bits per heavy atom. The number of hydrogen-bond acceptors (Lipinski definition) is 5. The monoisotopic (exact) mass is 428 g/mol. The van der Waals surface area contributed by atoms with Crippen LogP contribution in [0.4, 0.5) is 11.4 Å². The first-order valence-electron chi connectivity index (χ1n) is 9.41. The molecule has 1 heterocycles. The third-order valence-electron chi connectivity index (χ3n) is 4.78. The number of amides is 2. The third-order valence-corrected chi connectivity index (χ3v) is 6.61. The summed E-state index contributed by atoms with van der Waals surface area (Å²) in [6.45, 7) is 3.81. The molecule has 0 aromatic heterocycles. The smallest absolute Gasteiger partial charge is 0.271 e. The van der Waals surface area contributed by atoms with Gasteiger partial charge in [-0.1, -0.05) is 12.1 Å². The molecule has 0 atom stereocenters. The lowest BCUT2D eigenvalue weighted by Gasteiger charge is -2.24. The molecule has 2 aromatic carbocycles. The first-order chi connectivity index (χ1) is 14.1. The minimum Gasteiger partial charge on any atom is -0.321 e. The molecule has 2 aromatic rings. The van der Waals surface area contributed by atoms with E-state index in [0.717, 1.165) is 15.4 Å². The van der Waals surface area contributed by atoms with Crippen LogP contribution in [0.25, 0.3) is 0 Å². The Hall–Kier alpha value is -3.04. The van der Waals surface area contributed by atoms with E-state index < -0.39 is 15.9 Å². The summed E-state index contributed by atoms with van der Waals surface area (Å²) in [5.74, 6) is -0.598. The predicted octanol–water partition coefficient (Wildman–Crippen LogP) is 2.68. The van der Waals surface area contributed by atoms with E-state index in [4.69, 9.17) is 0 Å². The van der Waals surface area contributed by atoms with Crippen molar-refractivity contribution in [3.05, 3.63) is 53.6 Å². The summed E-state index contributed by atoms with van der Waals surface area (Å²) >= 11 is 0. The summed E-state index contributed by atoms with van der Waals surface area (Å²) in [4.78, 5) is 25.2. The number of nitrogens with one attached hydrogen (secondary N) is 1. The van der Waals surface area contributed by atoms with Crippen molar-refractivity contribution in [2.24, 2.45) is 5.10 Å². The maximum absolute atomic E-state index is 12.7. The second-order valence-electron chi connectivity index (χ2n) is 7.31. The van der Waals surface area contributed by atoms with Gasteiger partial charge in [-0.3, -0.25) is 9.59 Å². The van der Waals surface area contributed by atoms with E-state index in [1.54, 1.807) is 0 Å². The zero-order valence-corrected chi connectivity index (χ0v) is 18.2. The molecule has 1 N–H and O–H groups in total. The maximum Gasteiger partial charge on any atom is 0.271 e. The molecule has 0 radical (unpaired) electrons. The van der Waals surface area contributed by atoms with Crippen LogP contribution in [0.5, 0.6) is 0 Å². The van der Waals surface area contributed by atoms with Gasteiger partial charge in [-0.25, -0.2) is 17.7 Å². The highest BCUT2D eigenvalue weighted by Crippen LogP contribution is 2.26. The van der Waals surface area contributed by atoms with E-state index in [-0.39, 0.29) is 29.4 Å². The number of aryl methyl sites for hydroxylation is 2. The molecule has 2 amide bonds. The Balaban J connectivity index is 1.81. The number of benzene rings is 2. The molecule has 0 bridgehead atoms. The van der Waals surface area contributed by atoms with Crippen LogP contribution in [0.2, 0.25) is 0 Å². The van der Waals surface area contributed by atoms with Crippen molar-refractivity contribution in [3.8, 4) is 0 Å². The molecule has 0 saturated carbocycles. The summed E-state index contributed by atoms with van der Waals surface area (Å²) in [6, 6.07) is 11.6. The van der Waals surface area contributed by atoms with Crippen molar-refractivity contribution >= 4 is 38.9 Å². The van der Waals surface area contributed by atoms with E-state index in [2.05, 4.69) is 10.4 Å². The molecular formula is C21H24N4O4S. The normalized spacial score (nSPS) is 14.6. The second-order valence-corrected chi connectivity index (χ2v) is 9.46. The molecule has 0 aliphatic carbocycles. The number of hydrogen-bond donors (Lipinski definition) is 1. The van der Waals surface area contributed by atoms with Crippen LogP contribution >= 0.6 is 0 Å². The molecule has 0 spiro atoms. The number of carbonyl (C=O) groups is 2. The van der Waals surface area contributed by atoms with Crippen LogP contribution in [0.15, 0.2) is 52.5 Å². The number of nitrogens with zero attached hydrogens (tertiary/aromatic N) is 3. The third kappa shape index (κ3) is 4.42. The SMILES string of the molecule is Cc1ccc(C)c(N2N=C(C(=O)Nc3ccc(S(=O)(=O)N(C)C)cc3)CCC2=O)c1. The van der Waals surface area contributed by atoms with E-state index in [1.807, 2.05) is 32.0 Å². The molecule has 9 heteroatoms. The van der Waals surface area contributed by atoms with Gasteiger partial charge in [0.05, 0.1) is 10.6 Å². The molecule has 0 fully saturated rings. The van der Waals surface area contributed by atoms with Gasteiger partial charge in [0.25, 0.3) is 5.91 Å². The van der Waals surface area contributed by atoms with Crippen molar-refractivity contribution in [1.82, 2.24) is 4.31 Å². The Morgan fingerprint density at radius 1 is 1.07 bits per heavy atom. The molecule has 30 heavy (non-hydrogen) atoms. The first kappa shape index (κ1) is 21.7. The van der Waals surface area contributed by atoms with Gasteiger partial charge in [0.1, 0.15) is 5.71 Å². The van der Waals surface area contributed by atoms with Crippen LogP contribution in [-0.2, 0) is 19.6 Å². The van der Waals surface area contributed by atoms with Crippen LogP contribution in [-0.4, -0.2) is 44.3 Å². The zero-order valence-electron chi connectivity index (χ0n) is 17.3. The first-order valence-corrected chi connectivity index (χ1v) is 10.9. The lowest BCUT2D eigenvalue weighted by molar-refractivity contribution is -0.118. The second kappa shape index (κ2) is 8.37. The molecule has 1 aliphatic heterocycles. The van der Waals surface area contributed by atoms with E-state index in [9.17, 15) is 18.0 Å². The largest absolute Gasteiger partial charge is 0.321 e. The van der Waals surface area contributed by atoms with Crippen LogP contribution < -0.4 is 10.3 Å². The van der Waals surface area contributed by atoms with E-state index >= 15 is 0 Å². The van der Waals surface area contributed by atoms with E-state index in [1.165, 1.54) is 43.4 Å². The highest BCUT2D eigenvalue weighted by atomic mass is 32.2. The average molecular weight is 429 g/mol. The minimum atomic E-state index is -3.54. The van der Waals surface area contributed by atoms with Crippen molar-refractivity contribution in [2.45, 2.75) is 31.6 Å². The lowest BCUT2D eigenvalue weighted by atomic mass is 10.1. The molecular weight excluding hydrogens is 404 g/mol. The van der Waals surface area contributed by atoms with Crippen molar-refractivity contribution in [1.29, 1.82) is 0 Å². The Morgan fingerprint density at radius 2 is 1.73 bits per heavy atom. The summed E-state index contributed by atoms with van der Waals surface area (Å²) < 4.78 is 25.4. The summed E-state index contributed by atoms with van der Waals surface area (Å²) in [6.07, 6.45) is 0.415. The molecule has 8 nitrogen and oxygen atoms in total. The Bertz CT molecular complexity index is 1120. The maximum atomic E-state index is 12.7. The van der Waals surface area contributed by atoms with Gasteiger partial charge in [-0.2, -0.15) is 5.10 Å². The highest BCUT2D eigenvalue weighted by Gasteiger charge is 2.27. The van der Waals surface area contributed by atoms with Gasteiger partial charge in [-0.05, 0) is 55.3 Å². The van der Waals surface area contributed by atoms with Gasteiger partial charge in [0.2, 0.25) is 15.9 Å². The summed E-state index contributed by atoms with van der Waals surface area (Å²) in [5, 5.41) is 8.30. The van der Waals surface area contributed by atoms with Crippen molar-refractivity contribution < 1.29 is 18.0 Å². The molecule has 3 rings (SSSR count). The van der Waals surface area contributed by atoms with Crippen molar-refractivity contribution in [2.75, 3.05) is 24.4 Å².